The van der Waals surface area contributed by atoms with E-state index in [9.17, 15) is 18.0 Å². The van der Waals surface area contributed by atoms with E-state index in [0.717, 1.165) is 29.8 Å². The van der Waals surface area contributed by atoms with Crippen LogP contribution in [0, 0.1) is 6.92 Å². The summed E-state index contributed by atoms with van der Waals surface area (Å²) in [4.78, 5) is 16.8. The van der Waals surface area contributed by atoms with Gasteiger partial charge in [0.15, 0.2) is 0 Å². The van der Waals surface area contributed by atoms with Crippen molar-refractivity contribution in [2.24, 2.45) is 0 Å². The van der Waals surface area contributed by atoms with Crippen LogP contribution in [0.15, 0.2) is 36.4 Å². The molecule has 0 spiro atoms. The monoisotopic (exact) mass is 450 g/mol. The van der Waals surface area contributed by atoms with Crippen LogP contribution in [0.5, 0.6) is 11.5 Å². The molecule has 1 saturated heterocycles. The van der Waals surface area contributed by atoms with E-state index in [4.69, 9.17) is 9.47 Å². The molecule has 0 bridgehead atoms. The Morgan fingerprint density at radius 2 is 1.91 bits per heavy atom. The third-order valence-electron chi connectivity index (χ3n) is 5.75. The average molecular weight is 450 g/mol. The zero-order chi connectivity index (χ0) is 22.9. The van der Waals surface area contributed by atoms with Crippen LogP contribution in [-0.4, -0.2) is 61.5 Å². The molecule has 2 aromatic rings. The van der Waals surface area contributed by atoms with Crippen LogP contribution in [0.2, 0.25) is 0 Å². The number of nitrogens with zero attached hydrogens (tertiary/aromatic N) is 2. The first kappa shape index (κ1) is 22.4. The molecule has 2 aliphatic heterocycles. The van der Waals surface area contributed by atoms with E-state index < -0.39 is 6.36 Å². The first-order chi connectivity index (χ1) is 15.2. The van der Waals surface area contributed by atoms with Crippen molar-refractivity contribution in [2.45, 2.75) is 32.4 Å². The Morgan fingerprint density at radius 3 is 2.59 bits per heavy atom. The lowest BCUT2D eigenvalue weighted by atomic mass is 10.0. The summed E-state index contributed by atoms with van der Waals surface area (Å²) in [7, 11) is 2.04. The molecule has 0 aromatic heterocycles. The fourth-order valence-corrected chi connectivity index (χ4v) is 4.02. The number of hydrogen-bond acceptors (Lipinski definition) is 5. The van der Waals surface area contributed by atoms with Crippen molar-refractivity contribution in [1.82, 2.24) is 9.80 Å². The number of benzene rings is 2. The number of amides is 1. The zero-order valence-electron chi connectivity index (χ0n) is 17.9. The summed E-state index contributed by atoms with van der Waals surface area (Å²) < 4.78 is 52.4. The first-order valence-electron chi connectivity index (χ1n) is 10.4. The van der Waals surface area contributed by atoms with Gasteiger partial charge in [-0.25, -0.2) is 0 Å². The van der Waals surface area contributed by atoms with Gasteiger partial charge in [0, 0.05) is 25.2 Å². The van der Waals surface area contributed by atoms with Gasteiger partial charge in [-0.2, -0.15) is 0 Å². The average Bonchev–Trinajstić information content (AvgIpc) is 3.03. The molecular formula is C23H25F3N2O4. The Balaban J connectivity index is 1.41. The van der Waals surface area contributed by atoms with Crippen molar-refractivity contribution in [3.05, 3.63) is 58.7 Å². The number of rotatable bonds is 6. The lowest BCUT2D eigenvalue weighted by Gasteiger charge is -2.32. The van der Waals surface area contributed by atoms with Crippen molar-refractivity contribution >= 4 is 5.91 Å². The molecule has 4 rings (SSSR count). The Labute approximate surface area is 184 Å². The molecule has 0 aliphatic carbocycles. The maximum atomic E-state index is 12.9. The van der Waals surface area contributed by atoms with Gasteiger partial charge in [0.2, 0.25) is 0 Å². The van der Waals surface area contributed by atoms with Crippen LogP contribution < -0.4 is 9.47 Å². The quantitative estimate of drug-likeness (QED) is 0.671. The number of alkyl halides is 3. The maximum Gasteiger partial charge on any atom is 0.573 e. The second-order valence-corrected chi connectivity index (χ2v) is 8.15. The number of aryl methyl sites for hydroxylation is 1. The molecule has 0 saturated carbocycles. The second kappa shape index (κ2) is 8.99. The van der Waals surface area contributed by atoms with Crippen molar-refractivity contribution in [3.8, 4) is 11.5 Å². The summed E-state index contributed by atoms with van der Waals surface area (Å²) in [6, 6.07) is 9.50. The summed E-state index contributed by atoms with van der Waals surface area (Å²) in [5, 5.41) is 0. The SMILES string of the molecule is Cc1cc(OCC2COCCN2C)cc2c1C(=O)N(Cc1ccc(OC(F)(F)F)cc1)C2. The van der Waals surface area contributed by atoms with Crippen LogP contribution in [0.4, 0.5) is 13.2 Å². The Morgan fingerprint density at radius 1 is 1.16 bits per heavy atom. The van der Waals surface area contributed by atoms with Gasteiger partial charge in [-0.1, -0.05) is 12.1 Å². The van der Waals surface area contributed by atoms with E-state index in [2.05, 4.69) is 9.64 Å². The minimum Gasteiger partial charge on any atom is -0.492 e. The summed E-state index contributed by atoms with van der Waals surface area (Å²) >= 11 is 0. The van der Waals surface area contributed by atoms with E-state index in [1.54, 1.807) is 4.90 Å². The molecule has 2 heterocycles. The number of hydrogen-bond donors (Lipinski definition) is 0. The number of halogens is 3. The lowest BCUT2D eigenvalue weighted by Crippen LogP contribution is -2.46. The van der Waals surface area contributed by atoms with Gasteiger partial charge in [-0.3, -0.25) is 9.69 Å². The molecule has 2 aromatic carbocycles. The fourth-order valence-electron chi connectivity index (χ4n) is 4.02. The largest absolute Gasteiger partial charge is 0.573 e. The van der Waals surface area contributed by atoms with Gasteiger partial charge in [-0.05, 0) is 54.9 Å². The van der Waals surface area contributed by atoms with Gasteiger partial charge < -0.3 is 19.1 Å². The normalized spacial score (nSPS) is 19.2. The van der Waals surface area contributed by atoms with E-state index in [1.807, 2.05) is 26.1 Å². The van der Waals surface area contributed by atoms with Gasteiger partial charge in [0.25, 0.3) is 5.91 Å². The number of carbonyl (C=O) groups is 1. The summed E-state index contributed by atoms with van der Waals surface area (Å²) in [5.41, 5.74) is 3.10. The number of carbonyl (C=O) groups excluding carboxylic acids is 1. The Hall–Kier alpha value is -2.78. The third kappa shape index (κ3) is 5.16. The number of likely N-dealkylation sites (N-methyl/N-ethyl adjacent to an activating group) is 1. The van der Waals surface area contributed by atoms with Crippen molar-refractivity contribution in [2.75, 3.05) is 33.4 Å². The highest BCUT2D eigenvalue weighted by Gasteiger charge is 2.32. The van der Waals surface area contributed by atoms with Crippen LogP contribution in [0.3, 0.4) is 0 Å². The molecule has 32 heavy (non-hydrogen) atoms. The summed E-state index contributed by atoms with van der Waals surface area (Å²) in [5.74, 6) is 0.326. The third-order valence-corrected chi connectivity index (χ3v) is 5.75. The van der Waals surface area contributed by atoms with E-state index in [0.29, 0.717) is 37.6 Å². The Kier molecular flexibility index (Phi) is 6.30. The highest BCUT2D eigenvalue weighted by Crippen LogP contribution is 2.32. The van der Waals surface area contributed by atoms with Crippen molar-refractivity contribution in [3.63, 3.8) is 0 Å². The van der Waals surface area contributed by atoms with Gasteiger partial charge in [0.1, 0.15) is 18.1 Å². The predicted octanol–water partition coefficient (Wildman–Crippen LogP) is 3.76. The first-order valence-corrected chi connectivity index (χ1v) is 10.4. The summed E-state index contributed by atoms with van der Waals surface area (Å²) in [6.07, 6.45) is -4.73. The smallest absolute Gasteiger partial charge is 0.492 e. The molecule has 0 N–H and O–H groups in total. The highest BCUT2D eigenvalue weighted by atomic mass is 19.4. The standard InChI is InChI=1S/C23H25F3N2O4/c1-15-9-20(31-14-18-13-30-8-7-27(18)2)10-17-12-28(22(29)21(15)17)11-16-3-5-19(6-4-16)32-23(24,25)26/h3-6,9-10,18H,7-8,11-14H2,1-2H3. The van der Waals surface area contributed by atoms with Crippen LogP contribution in [-0.2, 0) is 17.8 Å². The number of ether oxygens (including phenoxy) is 3. The van der Waals surface area contributed by atoms with E-state index >= 15 is 0 Å². The molecular weight excluding hydrogens is 425 g/mol. The second-order valence-electron chi connectivity index (χ2n) is 8.15. The molecule has 1 amide bonds. The predicted molar refractivity (Wildman–Crippen MR) is 111 cm³/mol. The van der Waals surface area contributed by atoms with Crippen molar-refractivity contribution < 1.29 is 32.2 Å². The fraction of sp³-hybridized carbons (Fsp3) is 0.435. The molecule has 9 heteroatoms. The molecule has 2 aliphatic rings. The molecule has 1 fully saturated rings. The molecule has 0 radical (unpaired) electrons. The number of fused-ring (bicyclic) bond motifs is 1. The van der Waals surface area contributed by atoms with Gasteiger partial charge in [0.05, 0.1) is 19.3 Å². The topological polar surface area (TPSA) is 51.2 Å². The van der Waals surface area contributed by atoms with Crippen LogP contribution in [0.1, 0.15) is 27.0 Å². The van der Waals surface area contributed by atoms with Gasteiger partial charge in [-0.15, -0.1) is 13.2 Å². The van der Waals surface area contributed by atoms with E-state index in [1.165, 1.54) is 24.3 Å². The molecule has 1 unspecified atom stereocenters. The Bertz CT molecular complexity index is 978. The molecule has 1 atom stereocenters. The highest BCUT2D eigenvalue weighted by molar-refractivity contribution is 6.00. The number of morpholine rings is 1. The lowest BCUT2D eigenvalue weighted by molar-refractivity contribution is -0.274. The zero-order valence-corrected chi connectivity index (χ0v) is 17.9. The van der Waals surface area contributed by atoms with E-state index in [-0.39, 0.29) is 17.7 Å². The maximum absolute atomic E-state index is 12.9. The van der Waals surface area contributed by atoms with Crippen LogP contribution in [0.25, 0.3) is 0 Å². The van der Waals surface area contributed by atoms with Gasteiger partial charge >= 0.3 is 6.36 Å². The molecule has 6 nitrogen and oxygen atoms in total. The summed E-state index contributed by atoms with van der Waals surface area (Å²) in [6.45, 7) is 5.30. The minimum absolute atomic E-state index is 0.0971. The van der Waals surface area contributed by atoms with Crippen molar-refractivity contribution in [1.29, 1.82) is 0 Å². The van der Waals surface area contributed by atoms with Crippen LogP contribution >= 0.6 is 0 Å². The molecule has 172 valence electrons. The minimum atomic E-state index is -4.73.